The number of anilines is 1. The van der Waals surface area contributed by atoms with Gasteiger partial charge in [-0.05, 0) is 20.3 Å². The summed E-state index contributed by atoms with van der Waals surface area (Å²) < 4.78 is 9.91. The summed E-state index contributed by atoms with van der Waals surface area (Å²) in [6.45, 7) is 3.96. The molecule has 0 aliphatic rings. The molecule has 2 unspecified atom stereocenters. The van der Waals surface area contributed by atoms with Gasteiger partial charge in [-0.15, -0.1) is 4.98 Å². The van der Waals surface area contributed by atoms with E-state index in [9.17, 15) is 0 Å². The third kappa shape index (κ3) is 4.39. The van der Waals surface area contributed by atoms with Crippen LogP contribution < -0.4 is 20.5 Å². The Morgan fingerprint density at radius 2 is 1.65 bits per heavy atom. The van der Waals surface area contributed by atoms with Crippen LogP contribution in [0, 0.1) is 0 Å². The van der Waals surface area contributed by atoms with Gasteiger partial charge in [0.2, 0.25) is 5.95 Å². The lowest BCUT2D eigenvalue weighted by Crippen LogP contribution is -2.27. The van der Waals surface area contributed by atoms with E-state index in [-0.39, 0.29) is 24.1 Å². The van der Waals surface area contributed by atoms with Crippen molar-refractivity contribution in [1.82, 2.24) is 15.0 Å². The number of aromatic nitrogens is 3. The smallest absolute Gasteiger partial charge is 0.324 e. The van der Waals surface area contributed by atoms with Crippen LogP contribution in [-0.4, -0.2) is 41.3 Å². The van der Waals surface area contributed by atoms with Gasteiger partial charge in [-0.25, -0.2) is 0 Å². The fourth-order valence-corrected chi connectivity index (χ4v) is 1.42. The number of rotatable bonds is 6. The van der Waals surface area contributed by atoms with Crippen LogP contribution >= 0.6 is 0 Å². The normalized spacial score (nSPS) is 13.9. The Morgan fingerprint density at radius 3 is 2.06 bits per heavy atom. The van der Waals surface area contributed by atoms with Crippen molar-refractivity contribution in [3.63, 3.8) is 0 Å². The van der Waals surface area contributed by atoms with Gasteiger partial charge in [0, 0.05) is 12.1 Å². The number of nitrogens with one attached hydrogen (secondary N) is 1. The molecule has 17 heavy (non-hydrogen) atoms. The number of nitrogens with two attached hydrogens (primary N) is 1. The summed E-state index contributed by atoms with van der Waals surface area (Å²) in [5, 5.41) is 3.12. The van der Waals surface area contributed by atoms with Gasteiger partial charge in [0.1, 0.15) is 0 Å². The van der Waals surface area contributed by atoms with Gasteiger partial charge < -0.3 is 20.5 Å². The number of hydrogen-bond acceptors (Lipinski definition) is 7. The number of methoxy groups -OCH3 is 2. The standard InChI is InChI=1S/C10H19N5O2/c1-6(11)5-7(2)12-8-13-9(16-3)15-10(14-8)17-4/h6-7H,5,11H2,1-4H3,(H,12,13,14,15). The van der Waals surface area contributed by atoms with Gasteiger partial charge in [-0.1, -0.05) is 0 Å². The molecule has 0 aromatic carbocycles. The monoisotopic (exact) mass is 241 g/mol. The lowest BCUT2D eigenvalue weighted by atomic mass is 10.1. The van der Waals surface area contributed by atoms with Crippen molar-refractivity contribution >= 4 is 5.95 Å². The van der Waals surface area contributed by atoms with Gasteiger partial charge in [0.15, 0.2) is 0 Å². The van der Waals surface area contributed by atoms with E-state index in [0.717, 1.165) is 6.42 Å². The minimum absolute atomic E-state index is 0.114. The van der Waals surface area contributed by atoms with Crippen molar-refractivity contribution in [2.24, 2.45) is 5.73 Å². The average Bonchev–Trinajstić information content (AvgIpc) is 2.27. The molecule has 0 spiro atoms. The SMILES string of the molecule is COc1nc(NC(C)CC(C)N)nc(OC)n1. The molecule has 0 saturated carbocycles. The summed E-state index contributed by atoms with van der Waals surface area (Å²) in [5.41, 5.74) is 5.72. The molecule has 0 amide bonds. The lowest BCUT2D eigenvalue weighted by molar-refractivity contribution is 0.341. The minimum Gasteiger partial charge on any atom is -0.467 e. The van der Waals surface area contributed by atoms with E-state index < -0.39 is 0 Å². The topological polar surface area (TPSA) is 95.2 Å². The second-order valence-electron chi connectivity index (χ2n) is 3.89. The summed E-state index contributed by atoms with van der Waals surface area (Å²) in [6.07, 6.45) is 0.816. The maximum atomic E-state index is 5.72. The molecule has 3 N–H and O–H groups in total. The van der Waals surface area contributed by atoms with E-state index in [1.165, 1.54) is 14.2 Å². The zero-order valence-corrected chi connectivity index (χ0v) is 10.6. The number of nitrogens with zero attached hydrogens (tertiary/aromatic N) is 3. The molecule has 1 aromatic heterocycles. The first-order valence-electron chi connectivity index (χ1n) is 5.41. The molecular formula is C10H19N5O2. The van der Waals surface area contributed by atoms with Gasteiger partial charge >= 0.3 is 12.0 Å². The molecule has 0 bridgehead atoms. The van der Waals surface area contributed by atoms with Crippen LogP contribution in [-0.2, 0) is 0 Å². The third-order valence-corrected chi connectivity index (χ3v) is 2.06. The second-order valence-corrected chi connectivity index (χ2v) is 3.89. The highest BCUT2D eigenvalue weighted by molar-refractivity contribution is 5.28. The average molecular weight is 241 g/mol. The van der Waals surface area contributed by atoms with E-state index in [4.69, 9.17) is 15.2 Å². The summed E-state index contributed by atoms with van der Waals surface area (Å²) >= 11 is 0. The Hall–Kier alpha value is -1.63. The second kappa shape index (κ2) is 6.19. The van der Waals surface area contributed by atoms with E-state index >= 15 is 0 Å². The fourth-order valence-electron chi connectivity index (χ4n) is 1.42. The predicted molar refractivity (Wildman–Crippen MR) is 64.3 cm³/mol. The van der Waals surface area contributed by atoms with Crippen molar-refractivity contribution in [2.45, 2.75) is 32.4 Å². The van der Waals surface area contributed by atoms with E-state index in [2.05, 4.69) is 20.3 Å². The fraction of sp³-hybridized carbons (Fsp3) is 0.700. The van der Waals surface area contributed by atoms with E-state index in [0.29, 0.717) is 5.95 Å². The van der Waals surface area contributed by atoms with Crippen molar-refractivity contribution in [1.29, 1.82) is 0 Å². The first-order valence-corrected chi connectivity index (χ1v) is 5.41. The molecule has 7 heteroatoms. The molecule has 0 radical (unpaired) electrons. The summed E-state index contributed by atoms with van der Waals surface area (Å²) in [5.74, 6) is 0.418. The largest absolute Gasteiger partial charge is 0.467 e. The molecule has 0 saturated heterocycles. The molecule has 2 atom stereocenters. The first kappa shape index (κ1) is 13.4. The predicted octanol–water partition coefficient (Wildman–Crippen LogP) is 0.427. The molecule has 0 aliphatic heterocycles. The molecular weight excluding hydrogens is 222 g/mol. The Kier molecular flexibility index (Phi) is 4.89. The zero-order valence-electron chi connectivity index (χ0n) is 10.6. The lowest BCUT2D eigenvalue weighted by Gasteiger charge is -2.16. The number of hydrogen-bond donors (Lipinski definition) is 2. The van der Waals surface area contributed by atoms with Crippen LogP contribution in [0.1, 0.15) is 20.3 Å². The molecule has 1 aromatic rings. The van der Waals surface area contributed by atoms with Crippen molar-refractivity contribution in [3.8, 4) is 12.0 Å². The van der Waals surface area contributed by atoms with E-state index in [1.807, 2.05) is 13.8 Å². The van der Waals surface area contributed by atoms with Crippen molar-refractivity contribution < 1.29 is 9.47 Å². The van der Waals surface area contributed by atoms with Crippen molar-refractivity contribution in [2.75, 3.05) is 19.5 Å². The van der Waals surface area contributed by atoms with Crippen molar-refractivity contribution in [3.05, 3.63) is 0 Å². The van der Waals surface area contributed by atoms with Crippen LogP contribution in [0.4, 0.5) is 5.95 Å². The molecule has 96 valence electrons. The summed E-state index contributed by atoms with van der Waals surface area (Å²) in [4.78, 5) is 12.0. The summed E-state index contributed by atoms with van der Waals surface area (Å²) in [6, 6.07) is 0.703. The maximum absolute atomic E-state index is 5.72. The molecule has 1 heterocycles. The Labute approximate surface area is 101 Å². The third-order valence-electron chi connectivity index (χ3n) is 2.06. The molecule has 7 nitrogen and oxygen atoms in total. The van der Waals surface area contributed by atoms with E-state index in [1.54, 1.807) is 0 Å². The van der Waals surface area contributed by atoms with Crippen LogP contribution in [0.15, 0.2) is 0 Å². The Balaban J connectivity index is 2.75. The van der Waals surface area contributed by atoms with Gasteiger partial charge in [0.25, 0.3) is 0 Å². The summed E-state index contributed by atoms with van der Waals surface area (Å²) in [7, 11) is 2.98. The Morgan fingerprint density at radius 1 is 1.12 bits per heavy atom. The minimum atomic E-state index is 0.114. The number of ether oxygens (including phenoxy) is 2. The van der Waals surface area contributed by atoms with Gasteiger partial charge in [-0.2, -0.15) is 9.97 Å². The zero-order chi connectivity index (χ0) is 12.8. The molecule has 0 aliphatic carbocycles. The highest BCUT2D eigenvalue weighted by Crippen LogP contribution is 2.13. The van der Waals surface area contributed by atoms with Gasteiger partial charge in [0.05, 0.1) is 14.2 Å². The highest BCUT2D eigenvalue weighted by atomic mass is 16.5. The maximum Gasteiger partial charge on any atom is 0.324 e. The molecule has 0 fully saturated rings. The van der Waals surface area contributed by atoms with Crippen LogP contribution in [0.25, 0.3) is 0 Å². The molecule has 1 rings (SSSR count). The Bertz CT molecular complexity index is 336. The first-order chi connectivity index (χ1) is 8.05. The quantitative estimate of drug-likeness (QED) is 0.745. The highest BCUT2D eigenvalue weighted by Gasteiger charge is 2.10. The van der Waals surface area contributed by atoms with Crippen LogP contribution in [0.2, 0.25) is 0 Å². The van der Waals surface area contributed by atoms with Crippen LogP contribution in [0.5, 0.6) is 12.0 Å². The van der Waals surface area contributed by atoms with Gasteiger partial charge in [-0.3, -0.25) is 0 Å². The van der Waals surface area contributed by atoms with Crippen LogP contribution in [0.3, 0.4) is 0 Å².